The molecule has 0 saturated carbocycles. The van der Waals surface area contributed by atoms with Gasteiger partial charge < -0.3 is 32.6 Å². The van der Waals surface area contributed by atoms with Gasteiger partial charge in [-0.1, -0.05) is 51.9 Å². The third kappa shape index (κ3) is 21.0. The first-order chi connectivity index (χ1) is 20.3. The lowest BCUT2D eigenvalue weighted by Gasteiger charge is -2.28. The van der Waals surface area contributed by atoms with E-state index in [1.807, 2.05) is 21.1 Å². The minimum Gasteiger partial charge on any atom is -0.756 e. The number of benzene rings is 1. The maximum atomic E-state index is 12.5. The van der Waals surface area contributed by atoms with Crippen molar-refractivity contribution in [1.82, 2.24) is 0 Å². The van der Waals surface area contributed by atoms with Gasteiger partial charge in [0.25, 0.3) is 13.5 Å². The van der Waals surface area contributed by atoms with E-state index < -0.39 is 37.4 Å². The average molecular weight is 633 g/mol. The molecule has 0 heterocycles. The van der Waals surface area contributed by atoms with E-state index >= 15 is 0 Å². The zero-order valence-electron chi connectivity index (χ0n) is 26.0. The molecule has 0 saturated heterocycles. The monoisotopic (exact) mass is 632 g/mol. The molecule has 0 radical (unpaired) electrons. The van der Waals surface area contributed by atoms with Crippen LogP contribution in [0.3, 0.4) is 0 Å². The molecule has 1 rings (SSSR count). The molecular formula is C29H49N2O11P. The molecule has 14 heteroatoms. The standard InChI is InChI=1S/C29H49N2O11P/c1-5-6-7-8-9-10-11-12-21-38-23-27(24-40-43(36,37)39-22-20-31(2,3)4)42-29(33)15-13-14-28(32)41-26-18-16-25(17-19-26)30(34)35/h16-19,27H,5-15,20-24H2,1-4H3. The number of quaternary nitrogens is 1. The Balaban J connectivity index is 2.49. The predicted molar refractivity (Wildman–Crippen MR) is 158 cm³/mol. The number of phosphoric acid groups is 1. The molecule has 2 atom stereocenters. The zero-order chi connectivity index (χ0) is 32.1. The number of rotatable bonds is 25. The largest absolute Gasteiger partial charge is 0.756 e. The summed E-state index contributed by atoms with van der Waals surface area (Å²) in [7, 11) is 1.07. The first-order valence-electron chi connectivity index (χ1n) is 14.9. The number of esters is 2. The van der Waals surface area contributed by atoms with Gasteiger partial charge in [0.05, 0.1) is 39.3 Å². The number of unbranched alkanes of at least 4 members (excludes halogenated alkanes) is 7. The van der Waals surface area contributed by atoms with Crippen molar-refractivity contribution in [2.75, 3.05) is 54.1 Å². The molecular weight excluding hydrogens is 583 g/mol. The Morgan fingerprint density at radius 2 is 1.47 bits per heavy atom. The van der Waals surface area contributed by atoms with Gasteiger partial charge in [-0.2, -0.15) is 0 Å². The van der Waals surface area contributed by atoms with Crippen molar-refractivity contribution < 1.29 is 51.7 Å². The molecule has 0 aliphatic heterocycles. The van der Waals surface area contributed by atoms with Crippen molar-refractivity contribution in [3.63, 3.8) is 0 Å². The predicted octanol–water partition coefficient (Wildman–Crippen LogP) is 4.95. The number of likely N-dealkylation sites (N-methyl/N-ethyl adjacent to an activating group) is 1. The SMILES string of the molecule is CCCCCCCCCCOCC(COP(=O)([O-])OCC[N+](C)(C)C)OC(=O)CCCC(=O)Oc1ccc([N+](=O)[O-])cc1. The molecule has 2 unspecified atom stereocenters. The van der Waals surface area contributed by atoms with Crippen LogP contribution in [0.5, 0.6) is 5.75 Å². The van der Waals surface area contributed by atoms with Crippen LogP contribution >= 0.6 is 7.82 Å². The Morgan fingerprint density at radius 1 is 0.860 bits per heavy atom. The number of carbonyl (C=O) groups is 2. The molecule has 0 amide bonds. The fourth-order valence-electron chi connectivity index (χ4n) is 3.75. The normalized spacial score (nSPS) is 13.7. The highest BCUT2D eigenvalue weighted by atomic mass is 31.2. The summed E-state index contributed by atoms with van der Waals surface area (Å²) in [5.41, 5.74) is -0.132. The quantitative estimate of drug-likeness (QED) is 0.0273. The number of nitro groups is 1. The highest BCUT2D eigenvalue weighted by Gasteiger charge is 2.21. The zero-order valence-corrected chi connectivity index (χ0v) is 26.9. The molecule has 0 aromatic heterocycles. The summed E-state index contributed by atoms with van der Waals surface area (Å²) in [5.74, 6) is -1.12. The molecule has 0 N–H and O–H groups in total. The van der Waals surface area contributed by atoms with E-state index in [0.717, 1.165) is 19.3 Å². The highest BCUT2D eigenvalue weighted by molar-refractivity contribution is 7.45. The molecule has 246 valence electrons. The number of phosphoric ester groups is 1. The van der Waals surface area contributed by atoms with E-state index in [0.29, 0.717) is 17.6 Å². The highest BCUT2D eigenvalue weighted by Crippen LogP contribution is 2.38. The second kappa shape index (κ2) is 21.3. The number of hydrogen-bond acceptors (Lipinski definition) is 11. The average Bonchev–Trinajstić information content (AvgIpc) is 2.92. The maximum absolute atomic E-state index is 12.5. The summed E-state index contributed by atoms with van der Waals surface area (Å²) in [6.07, 6.45) is 8.00. The smallest absolute Gasteiger partial charge is 0.311 e. The Bertz CT molecular complexity index is 999. The summed E-state index contributed by atoms with van der Waals surface area (Å²) in [6.45, 7) is 2.50. The van der Waals surface area contributed by atoms with Crippen molar-refractivity contribution in [3.8, 4) is 5.75 Å². The molecule has 0 bridgehead atoms. The van der Waals surface area contributed by atoms with Gasteiger partial charge in [0.15, 0.2) is 0 Å². The third-order valence-corrected chi connectivity index (χ3v) is 7.18. The van der Waals surface area contributed by atoms with E-state index in [4.69, 9.17) is 23.3 Å². The minimum atomic E-state index is -4.62. The lowest BCUT2D eigenvalue weighted by molar-refractivity contribution is -0.870. The van der Waals surface area contributed by atoms with E-state index in [1.54, 1.807) is 0 Å². The summed E-state index contributed by atoms with van der Waals surface area (Å²) in [4.78, 5) is 46.9. The van der Waals surface area contributed by atoms with E-state index in [-0.39, 0.29) is 43.9 Å². The number of carbonyl (C=O) groups excluding carboxylic acids is 2. The van der Waals surface area contributed by atoms with Gasteiger partial charge in [-0.3, -0.25) is 24.3 Å². The Labute approximate surface area is 255 Å². The van der Waals surface area contributed by atoms with Gasteiger partial charge in [0.1, 0.15) is 25.0 Å². The first-order valence-corrected chi connectivity index (χ1v) is 16.4. The van der Waals surface area contributed by atoms with Gasteiger partial charge in [-0.25, -0.2) is 0 Å². The maximum Gasteiger partial charge on any atom is 0.311 e. The Kier molecular flexibility index (Phi) is 19.1. The van der Waals surface area contributed by atoms with Crippen LogP contribution in [0.15, 0.2) is 24.3 Å². The van der Waals surface area contributed by atoms with E-state index in [2.05, 4.69) is 6.92 Å². The van der Waals surface area contributed by atoms with Crippen LogP contribution in [0.1, 0.15) is 77.6 Å². The second-order valence-corrected chi connectivity index (χ2v) is 12.7. The van der Waals surface area contributed by atoms with Crippen molar-refractivity contribution in [2.24, 2.45) is 0 Å². The lowest BCUT2D eigenvalue weighted by atomic mass is 10.1. The molecule has 43 heavy (non-hydrogen) atoms. The van der Waals surface area contributed by atoms with Crippen LogP contribution in [0.25, 0.3) is 0 Å². The number of nitrogens with zero attached hydrogens (tertiary/aromatic N) is 2. The van der Waals surface area contributed by atoms with E-state index in [1.165, 1.54) is 56.4 Å². The number of ether oxygens (including phenoxy) is 3. The van der Waals surface area contributed by atoms with Crippen LogP contribution in [0.4, 0.5) is 5.69 Å². The summed E-state index contributed by atoms with van der Waals surface area (Å²) in [5, 5.41) is 10.7. The van der Waals surface area contributed by atoms with Crippen molar-refractivity contribution in [3.05, 3.63) is 34.4 Å². The fourth-order valence-corrected chi connectivity index (χ4v) is 4.48. The second-order valence-electron chi connectivity index (χ2n) is 11.3. The van der Waals surface area contributed by atoms with Crippen LogP contribution in [0.2, 0.25) is 0 Å². The summed E-state index contributed by atoms with van der Waals surface area (Å²) in [6, 6.07) is 5.05. The Morgan fingerprint density at radius 3 is 2.07 bits per heavy atom. The number of hydrogen-bond donors (Lipinski definition) is 0. The van der Waals surface area contributed by atoms with Crippen molar-refractivity contribution in [1.29, 1.82) is 0 Å². The number of nitro benzene ring substituents is 1. The molecule has 13 nitrogen and oxygen atoms in total. The van der Waals surface area contributed by atoms with E-state index in [9.17, 15) is 29.2 Å². The molecule has 0 spiro atoms. The molecule has 0 aliphatic rings. The van der Waals surface area contributed by atoms with Crippen LogP contribution in [0, 0.1) is 10.1 Å². The summed E-state index contributed by atoms with van der Waals surface area (Å²) >= 11 is 0. The topological polar surface area (TPSA) is 164 Å². The van der Waals surface area contributed by atoms with Crippen LogP contribution < -0.4 is 9.63 Å². The minimum absolute atomic E-state index is 0.0523. The van der Waals surface area contributed by atoms with Gasteiger partial charge in [0.2, 0.25) is 0 Å². The first kappa shape index (κ1) is 38.6. The third-order valence-electron chi connectivity index (χ3n) is 6.22. The number of non-ortho nitro benzene ring substituents is 1. The van der Waals surface area contributed by atoms with Gasteiger partial charge in [0, 0.05) is 31.6 Å². The molecule has 0 aliphatic carbocycles. The van der Waals surface area contributed by atoms with Gasteiger partial charge in [-0.05, 0) is 25.0 Å². The Hall–Kier alpha value is -2.41. The van der Waals surface area contributed by atoms with Crippen LogP contribution in [-0.4, -0.2) is 81.6 Å². The van der Waals surface area contributed by atoms with Gasteiger partial charge in [-0.15, -0.1) is 0 Å². The van der Waals surface area contributed by atoms with Crippen LogP contribution in [-0.2, 0) is 32.7 Å². The fraction of sp³-hybridized carbons (Fsp3) is 0.724. The molecule has 1 aromatic carbocycles. The van der Waals surface area contributed by atoms with Gasteiger partial charge >= 0.3 is 11.9 Å². The van der Waals surface area contributed by atoms with Crippen molar-refractivity contribution in [2.45, 2.75) is 83.7 Å². The van der Waals surface area contributed by atoms with Crippen molar-refractivity contribution >= 4 is 25.4 Å². The molecule has 0 fully saturated rings. The summed E-state index contributed by atoms with van der Waals surface area (Å²) < 4.78 is 38.8. The lowest BCUT2D eigenvalue weighted by Crippen LogP contribution is -2.37. The molecule has 1 aromatic rings.